The van der Waals surface area contributed by atoms with Gasteiger partial charge in [0.25, 0.3) is 0 Å². The number of likely N-dealkylation sites (N-methyl/N-ethyl adjacent to an activating group) is 1. The molecule has 0 atom stereocenters. The molecule has 5 heterocycles. The average Bonchev–Trinajstić information content (AvgIpc) is 3.72. The molecule has 41 heavy (non-hydrogen) atoms. The molecule has 0 spiro atoms. The first-order valence-corrected chi connectivity index (χ1v) is 13.5. The van der Waals surface area contributed by atoms with Crippen molar-refractivity contribution in [2.75, 3.05) is 20.1 Å². The summed E-state index contributed by atoms with van der Waals surface area (Å²) in [6, 6.07) is 7.40. The molecule has 0 radical (unpaired) electrons. The van der Waals surface area contributed by atoms with Crippen molar-refractivity contribution in [3.8, 4) is 28.3 Å². The number of hydrogen-bond donors (Lipinski definition) is 0. The van der Waals surface area contributed by atoms with E-state index in [9.17, 15) is 4.79 Å². The highest BCUT2D eigenvalue weighted by Crippen LogP contribution is 2.36. The maximum Gasteiger partial charge on any atom is 0.328 e. The third-order valence-corrected chi connectivity index (χ3v) is 8.17. The predicted molar refractivity (Wildman–Crippen MR) is 157 cm³/mol. The van der Waals surface area contributed by atoms with Gasteiger partial charge in [-0.2, -0.15) is 5.10 Å². The molecule has 0 saturated heterocycles. The van der Waals surface area contributed by atoms with E-state index in [1.807, 2.05) is 29.3 Å². The number of hydrogen-bond acceptors (Lipinski definition) is 5. The number of aryl methyl sites for hydroxylation is 4. The predicted octanol–water partition coefficient (Wildman–Crippen LogP) is 3.87. The smallest absolute Gasteiger partial charge is 0.328 e. The Morgan fingerprint density at radius 2 is 1.76 bits per heavy atom. The molecular weight excluding hydrogens is 521 g/mol. The standard InChI is InChI=1S/C30H30FN9O/c1-35-8-6-18(7-9-35)22-10-20(11-26-28(22)39(5)30(41)38(26)4)40-25-13-23(31)21(19-14-33-37(3)16-19)12-24(25)34-29(40)27-15-32-17-36(27)2/h6,10-17H,7-9H2,1-5H3. The van der Waals surface area contributed by atoms with E-state index in [0.29, 0.717) is 28.0 Å². The molecule has 1 aliphatic rings. The molecule has 1 aliphatic heterocycles. The molecule has 0 aliphatic carbocycles. The lowest BCUT2D eigenvalue weighted by atomic mass is 9.97. The first kappa shape index (κ1) is 25.2. The Kier molecular flexibility index (Phi) is 5.62. The summed E-state index contributed by atoms with van der Waals surface area (Å²) in [6.07, 6.45) is 10.0. The van der Waals surface area contributed by atoms with E-state index in [-0.39, 0.29) is 11.5 Å². The first-order valence-electron chi connectivity index (χ1n) is 13.5. The highest BCUT2D eigenvalue weighted by atomic mass is 19.1. The number of aromatic nitrogens is 8. The van der Waals surface area contributed by atoms with Crippen LogP contribution in [0.4, 0.5) is 4.39 Å². The molecule has 7 rings (SSSR count). The maximum atomic E-state index is 15.8. The summed E-state index contributed by atoms with van der Waals surface area (Å²) in [7, 11) is 9.41. The molecule has 0 N–H and O–H groups in total. The van der Waals surface area contributed by atoms with Crippen molar-refractivity contribution in [3.63, 3.8) is 0 Å². The molecule has 0 bridgehead atoms. The van der Waals surface area contributed by atoms with Crippen molar-refractivity contribution in [1.82, 2.24) is 42.9 Å². The van der Waals surface area contributed by atoms with Crippen LogP contribution in [0.1, 0.15) is 12.0 Å². The molecule has 0 unspecified atom stereocenters. The van der Waals surface area contributed by atoms with Crippen LogP contribution in [-0.2, 0) is 28.2 Å². The van der Waals surface area contributed by atoms with Crippen molar-refractivity contribution in [2.24, 2.45) is 28.2 Å². The Bertz CT molecular complexity index is 2080. The Morgan fingerprint density at radius 3 is 2.44 bits per heavy atom. The number of rotatable bonds is 4. The van der Waals surface area contributed by atoms with Gasteiger partial charge in [0.2, 0.25) is 0 Å². The zero-order chi connectivity index (χ0) is 28.6. The van der Waals surface area contributed by atoms with Crippen LogP contribution in [0.3, 0.4) is 0 Å². The number of halogens is 1. The lowest BCUT2D eigenvalue weighted by molar-refractivity contribution is 0.370. The van der Waals surface area contributed by atoms with Gasteiger partial charge < -0.3 is 9.47 Å². The summed E-state index contributed by atoms with van der Waals surface area (Å²) >= 11 is 0. The third-order valence-electron chi connectivity index (χ3n) is 8.17. The second-order valence-electron chi connectivity index (χ2n) is 10.9. The van der Waals surface area contributed by atoms with Crippen LogP contribution in [0.25, 0.3) is 56.0 Å². The fourth-order valence-corrected chi connectivity index (χ4v) is 5.91. The maximum absolute atomic E-state index is 15.8. The quantitative estimate of drug-likeness (QED) is 0.332. The molecule has 4 aromatic heterocycles. The number of benzene rings is 2. The van der Waals surface area contributed by atoms with E-state index in [2.05, 4.69) is 34.2 Å². The van der Waals surface area contributed by atoms with E-state index in [1.54, 1.807) is 58.9 Å². The molecular formula is C30H30FN9O. The van der Waals surface area contributed by atoms with Crippen molar-refractivity contribution < 1.29 is 4.39 Å². The molecule has 11 heteroatoms. The SMILES string of the molecule is CN1CC=C(c2cc(-n3c(-c4cncn4C)nc4cc(-c5cnn(C)c5)c(F)cc43)cc3c2n(C)c(=O)n3C)CC1. The lowest BCUT2D eigenvalue weighted by Crippen LogP contribution is -2.24. The highest BCUT2D eigenvalue weighted by molar-refractivity contribution is 5.94. The largest absolute Gasteiger partial charge is 0.331 e. The summed E-state index contributed by atoms with van der Waals surface area (Å²) < 4.78 is 24.7. The molecule has 208 valence electrons. The van der Waals surface area contributed by atoms with Crippen LogP contribution in [0.15, 0.2) is 60.1 Å². The minimum atomic E-state index is -0.366. The highest BCUT2D eigenvalue weighted by Gasteiger charge is 2.24. The third kappa shape index (κ3) is 3.87. The van der Waals surface area contributed by atoms with Crippen molar-refractivity contribution >= 4 is 27.6 Å². The van der Waals surface area contributed by atoms with Crippen molar-refractivity contribution in [3.05, 3.63) is 77.1 Å². The summed E-state index contributed by atoms with van der Waals surface area (Å²) in [5.74, 6) is 0.265. The Balaban J connectivity index is 1.56. The van der Waals surface area contributed by atoms with Gasteiger partial charge in [-0.15, -0.1) is 0 Å². The normalized spacial score (nSPS) is 14.4. The Morgan fingerprint density at radius 1 is 0.927 bits per heavy atom. The van der Waals surface area contributed by atoms with E-state index in [4.69, 9.17) is 4.98 Å². The van der Waals surface area contributed by atoms with Gasteiger partial charge in [-0.25, -0.2) is 19.2 Å². The van der Waals surface area contributed by atoms with Gasteiger partial charge in [-0.05, 0) is 37.2 Å². The second-order valence-corrected chi connectivity index (χ2v) is 10.9. The van der Waals surface area contributed by atoms with Gasteiger partial charge in [0.15, 0.2) is 5.82 Å². The van der Waals surface area contributed by atoms with Crippen LogP contribution in [0, 0.1) is 5.82 Å². The van der Waals surface area contributed by atoms with Gasteiger partial charge in [-0.3, -0.25) is 18.4 Å². The van der Waals surface area contributed by atoms with Gasteiger partial charge in [0, 0.05) is 70.2 Å². The lowest BCUT2D eigenvalue weighted by Gasteiger charge is -2.23. The molecule has 2 aromatic carbocycles. The van der Waals surface area contributed by atoms with E-state index < -0.39 is 0 Å². The molecule has 0 saturated carbocycles. The minimum absolute atomic E-state index is 0.0959. The summed E-state index contributed by atoms with van der Waals surface area (Å²) in [4.78, 5) is 24.7. The van der Waals surface area contributed by atoms with Crippen molar-refractivity contribution in [2.45, 2.75) is 6.42 Å². The van der Waals surface area contributed by atoms with Gasteiger partial charge >= 0.3 is 5.69 Å². The van der Waals surface area contributed by atoms with E-state index in [1.165, 1.54) is 11.6 Å². The second kappa shape index (κ2) is 9.13. The minimum Gasteiger partial charge on any atom is -0.331 e. The Labute approximate surface area is 235 Å². The first-order chi connectivity index (χ1) is 19.7. The Hall–Kier alpha value is -4.77. The van der Waals surface area contributed by atoms with Gasteiger partial charge in [-0.1, -0.05) is 6.08 Å². The fraction of sp³-hybridized carbons (Fsp3) is 0.267. The molecule has 10 nitrogen and oxygen atoms in total. The van der Waals surface area contributed by atoms with Crippen LogP contribution >= 0.6 is 0 Å². The van der Waals surface area contributed by atoms with Gasteiger partial charge in [0.05, 0.1) is 46.5 Å². The number of nitrogens with zero attached hydrogens (tertiary/aromatic N) is 9. The van der Waals surface area contributed by atoms with Crippen LogP contribution < -0.4 is 5.69 Å². The molecule has 6 aromatic rings. The van der Waals surface area contributed by atoms with Crippen LogP contribution in [0.2, 0.25) is 0 Å². The summed E-state index contributed by atoms with van der Waals surface area (Å²) in [6.45, 7) is 1.76. The van der Waals surface area contributed by atoms with E-state index >= 15 is 4.39 Å². The van der Waals surface area contributed by atoms with Gasteiger partial charge in [0.1, 0.15) is 11.5 Å². The molecule has 0 fully saturated rings. The van der Waals surface area contributed by atoms with Crippen molar-refractivity contribution in [1.29, 1.82) is 0 Å². The summed E-state index contributed by atoms with van der Waals surface area (Å²) in [5, 5.41) is 4.22. The zero-order valence-corrected chi connectivity index (χ0v) is 23.6. The monoisotopic (exact) mass is 551 g/mol. The van der Waals surface area contributed by atoms with E-state index in [0.717, 1.165) is 47.5 Å². The number of imidazole rings is 3. The fourth-order valence-electron chi connectivity index (χ4n) is 5.91. The van der Waals surface area contributed by atoms with Crippen LogP contribution in [-0.4, -0.2) is 63.1 Å². The topological polar surface area (TPSA) is 83.6 Å². The zero-order valence-electron chi connectivity index (χ0n) is 23.6. The summed E-state index contributed by atoms with van der Waals surface area (Å²) in [5.41, 5.74) is 7.73. The molecule has 0 amide bonds. The van der Waals surface area contributed by atoms with Crippen LogP contribution in [0.5, 0.6) is 0 Å². The average molecular weight is 552 g/mol. The number of fused-ring (bicyclic) bond motifs is 2.